The number of hydrogen-bond acceptors (Lipinski definition) is 3. The zero-order valence-electron chi connectivity index (χ0n) is 15.1. The van der Waals surface area contributed by atoms with Crippen molar-refractivity contribution in [3.05, 3.63) is 36.5 Å². The Morgan fingerprint density at radius 3 is 2.17 bits per heavy atom. The van der Waals surface area contributed by atoms with E-state index in [1.165, 1.54) is 37.0 Å². The summed E-state index contributed by atoms with van der Waals surface area (Å²) < 4.78 is 0. The summed E-state index contributed by atoms with van der Waals surface area (Å²) in [6.45, 7) is 0. The van der Waals surface area contributed by atoms with E-state index in [9.17, 15) is 15.0 Å². The van der Waals surface area contributed by atoms with Crippen molar-refractivity contribution in [3.63, 3.8) is 0 Å². The Kier molecular flexibility index (Phi) is 10.4. The van der Waals surface area contributed by atoms with E-state index in [1.807, 2.05) is 24.3 Å². The fourth-order valence-electron chi connectivity index (χ4n) is 2.95. The van der Waals surface area contributed by atoms with Gasteiger partial charge in [0.15, 0.2) is 0 Å². The molecule has 1 aliphatic carbocycles. The second-order valence-corrected chi connectivity index (χ2v) is 6.86. The molecule has 0 aromatic rings. The average molecular weight is 335 g/mol. The molecule has 4 heteroatoms. The summed E-state index contributed by atoms with van der Waals surface area (Å²) in [5.41, 5.74) is 0. The zero-order chi connectivity index (χ0) is 17.8. The summed E-state index contributed by atoms with van der Waals surface area (Å²) in [5.74, 6) is 0.690. The van der Waals surface area contributed by atoms with Crippen LogP contribution in [0.15, 0.2) is 36.5 Å². The monoisotopic (exact) mass is 335 g/mol. The summed E-state index contributed by atoms with van der Waals surface area (Å²) in [5, 5.41) is 19.8. The number of allylic oxidation sites excluding steroid dienone is 4. The molecule has 0 aromatic carbocycles. The second kappa shape index (κ2) is 12.0. The van der Waals surface area contributed by atoms with E-state index in [4.69, 9.17) is 0 Å². The van der Waals surface area contributed by atoms with Gasteiger partial charge in [0.2, 0.25) is 5.91 Å². The van der Waals surface area contributed by atoms with Crippen LogP contribution in [0.2, 0.25) is 0 Å². The van der Waals surface area contributed by atoms with Gasteiger partial charge in [0.25, 0.3) is 0 Å². The van der Waals surface area contributed by atoms with Gasteiger partial charge in [-0.15, -0.1) is 0 Å². The maximum Gasteiger partial charge on any atom is 0.222 e. The summed E-state index contributed by atoms with van der Waals surface area (Å²) in [6, 6.07) is 0. The van der Waals surface area contributed by atoms with Crippen LogP contribution in [-0.4, -0.2) is 47.3 Å². The Morgan fingerprint density at radius 1 is 1.00 bits per heavy atom. The van der Waals surface area contributed by atoms with E-state index in [-0.39, 0.29) is 12.0 Å². The van der Waals surface area contributed by atoms with Gasteiger partial charge in [0.05, 0.1) is 12.2 Å². The number of rotatable bonds is 9. The Labute approximate surface area is 146 Å². The average Bonchev–Trinajstić information content (AvgIpc) is 2.56. The van der Waals surface area contributed by atoms with Crippen molar-refractivity contribution in [2.24, 2.45) is 5.92 Å². The van der Waals surface area contributed by atoms with Gasteiger partial charge in [0.1, 0.15) is 0 Å². The summed E-state index contributed by atoms with van der Waals surface area (Å²) >= 11 is 0. The van der Waals surface area contributed by atoms with Crippen molar-refractivity contribution in [3.8, 4) is 0 Å². The van der Waals surface area contributed by atoms with Crippen molar-refractivity contribution in [1.82, 2.24) is 4.90 Å². The molecule has 1 aliphatic rings. The molecule has 0 heterocycles. The van der Waals surface area contributed by atoms with Crippen LogP contribution in [0.5, 0.6) is 0 Å². The molecule has 4 nitrogen and oxygen atoms in total. The maximum atomic E-state index is 11.4. The third-order valence-corrected chi connectivity index (χ3v) is 4.45. The Balaban J connectivity index is 2.19. The highest BCUT2D eigenvalue weighted by molar-refractivity contribution is 5.75. The van der Waals surface area contributed by atoms with Crippen molar-refractivity contribution in [1.29, 1.82) is 0 Å². The van der Waals surface area contributed by atoms with Gasteiger partial charge in [-0.05, 0) is 18.8 Å². The van der Waals surface area contributed by atoms with Crippen LogP contribution in [-0.2, 0) is 4.79 Å². The molecule has 0 aliphatic heterocycles. The quantitative estimate of drug-likeness (QED) is 0.636. The molecule has 1 amide bonds. The first kappa shape index (κ1) is 20.7. The third-order valence-electron chi connectivity index (χ3n) is 4.45. The van der Waals surface area contributed by atoms with Gasteiger partial charge in [-0.25, -0.2) is 0 Å². The maximum absolute atomic E-state index is 11.4. The minimum absolute atomic E-state index is 0.0212. The number of amides is 1. The zero-order valence-corrected chi connectivity index (χ0v) is 15.1. The highest BCUT2D eigenvalue weighted by Crippen LogP contribution is 2.27. The fourth-order valence-corrected chi connectivity index (χ4v) is 2.95. The van der Waals surface area contributed by atoms with Crippen LogP contribution in [0.25, 0.3) is 0 Å². The molecule has 0 saturated heterocycles. The Hall–Kier alpha value is -1.39. The molecule has 0 bridgehead atoms. The van der Waals surface area contributed by atoms with E-state index >= 15 is 0 Å². The molecule has 2 N–H and O–H groups in total. The van der Waals surface area contributed by atoms with Gasteiger partial charge in [-0.2, -0.15) is 0 Å². The first-order chi connectivity index (χ1) is 11.5. The normalized spacial score (nSPS) is 19.3. The van der Waals surface area contributed by atoms with Crippen LogP contribution in [0.4, 0.5) is 0 Å². The Morgan fingerprint density at radius 2 is 1.58 bits per heavy atom. The number of carbonyl (C=O) groups is 1. The molecule has 24 heavy (non-hydrogen) atoms. The first-order valence-electron chi connectivity index (χ1n) is 9.07. The lowest BCUT2D eigenvalue weighted by molar-refractivity contribution is -0.129. The van der Waals surface area contributed by atoms with E-state index in [0.717, 1.165) is 6.42 Å². The largest absolute Gasteiger partial charge is 0.389 e. The Bertz CT molecular complexity index is 434. The van der Waals surface area contributed by atoms with Gasteiger partial charge in [0, 0.05) is 20.5 Å². The van der Waals surface area contributed by atoms with Crippen molar-refractivity contribution < 1.29 is 15.0 Å². The minimum Gasteiger partial charge on any atom is -0.389 e. The molecule has 0 aromatic heterocycles. The number of nitrogens with zero attached hydrogens (tertiary/aromatic N) is 1. The number of aliphatic hydroxyl groups is 2. The van der Waals surface area contributed by atoms with E-state index in [2.05, 4.69) is 0 Å². The SMILES string of the molecule is CN(C)C(=O)CCC(O)C=CC=CC=CC(O)CC1CCCCC1. The molecule has 0 radical (unpaired) electrons. The third kappa shape index (κ3) is 9.68. The lowest BCUT2D eigenvalue weighted by Gasteiger charge is -2.22. The van der Waals surface area contributed by atoms with Crippen molar-refractivity contribution in [2.45, 2.75) is 63.6 Å². The van der Waals surface area contributed by atoms with Crippen LogP contribution in [0.1, 0.15) is 51.4 Å². The second-order valence-electron chi connectivity index (χ2n) is 6.86. The highest BCUT2D eigenvalue weighted by Gasteiger charge is 2.15. The highest BCUT2D eigenvalue weighted by atomic mass is 16.3. The van der Waals surface area contributed by atoms with Crippen LogP contribution in [0, 0.1) is 5.92 Å². The van der Waals surface area contributed by atoms with Gasteiger partial charge in [-0.1, -0.05) is 68.6 Å². The minimum atomic E-state index is -0.612. The van der Waals surface area contributed by atoms with E-state index in [1.54, 1.807) is 26.2 Å². The smallest absolute Gasteiger partial charge is 0.222 e. The van der Waals surface area contributed by atoms with E-state index < -0.39 is 6.10 Å². The van der Waals surface area contributed by atoms with Gasteiger partial charge >= 0.3 is 0 Å². The van der Waals surface area contributed by atoms with Gasteiger partial charge in [-0.3, -0.25) is 4.79 Å². The van der Waals surface area contributed by atoms with Crippen molar-refractivity contribution in [2.75, 3.05) is 14.1 Å². The summed E-state index contributed by atoms with van der Waals surface area (Å²) in [4.78, 5) is 12.9. The lowest BCUT2D eigenvalue weighted by atomic mass is 9.85. The summed E-state index contributed by atoms with van der Waals surface area (Å²) in [7, 11) is 3.42. The van der Waals surface area contributed by atoms with E-state index in [0.29, 0.717) is 18.8 Å². The molecular weight excluding hydrogens is 302 g/mol. The predicted octanol–water partition coefficient (Wildman–Crippen LogP) is 3.22. The summed E-state index contributed by atoms with van der Waals surface area (Å²) in [6.07, 6.45) is 17.9. The number of hydrogen-bond donors (Lipinski definition) is 2. The molecule has 136 valence electrons. The molecule has 1 fully saturated rings. The first-order valence-corrected chi connectivity index (χ1v) is 9.07. The van der Waals surface area contributed by atoms with Crippen LogP contribution in [0.3, 0.4) is 0 Å². The van der Waals surface area contributed by atoms with Gasteiger partial charge < -0.3 is 15.1 Å². The standard InChI is InChI=1S/C20H33NO3/c1-21(2)20(24)15-14-18(22)12-8-3-4-9-13-19(23)16-17-10-6-5-7-11-17/h3-4,8-9,12-13,17-19,22-23H,5-7,10-11,14-16H2,1-2H3. The van der Waals surface area contributed by atoms with Crippen molar-refractivity contribution >= 4 is 5.91 Å². The van der Waals surface area contributed by atoms with Crippen LogP contribution < -0.4 is 0 Å². The molecule has 1 saturated carbocycles. The molecule has 2 unspecified atom stereocenters. The number of aliphatic hydroxyl groups excluding tert-OH is 2. The molecular formula is C20H33NO3. The number of carbonyl (C=O) groups excluding carboxylic acids is 1. The molecule has 0 spiro atoms. The molecule has 1 rings (SSSR count). The fraction of sp³-hybridized carbons (Fsp3) is 0.650. The lowest BCUT2D eigenvalue weighted by Crippen LogP contribution is -2.22. The predicted molar refractivity (Wildman–Crippen MR) is 98.6 cm³/mol. The topological polar surface area (TPSA) is 60.8 Å². The molecule has 2 atom stereocenters. The van der Waals surface area contributed by atoms with Crippen LogP contribution >= 0.6 is 0 Å².